The molecule has 9 heteroatoms. The van der Waals surface area contributed by atoms with Gasteiger partial charge in [-0.2, -0.15) is 4.98 Å². The Balaban J connectivity index is 2.15. The zero-order valence-electron chi connectivity index (χ0n) is 15.7. The van der Waals surface area contributed by atoms with Crippen LogP contribution in [0.2, 0.25) is 5.02 Å². The number of nitrogens with zero attached hydrogens (tertiary/aromatic N) is 5. The van der Waals surface area contributed by atoms with Crippen LogP contribution in [0.3, 0.4) is 0 Å². The van der Waals surface area contributed by atoms with Crippen LogP contribution in [0.4, 0.5) is 0 Å². The molecular weight excluding hydrogens is 401 g/mol. The third-order valence-electron chi connectivity index (χ3n) is 5.10. The molecule has 0 aliphatic rings. The summed E-state index contributed by atoms with van der Waals surface area (Å²) in [6, 6.07) is 7.43. The molecule has 0 atom stereocenters. The van der Waals surface area contributed by atoms with Crippen molar-refractivity contribution in [2.24, 2.45) is 7.05 Å². The standard InChI is InChI=1S/C19H19Cl2N5O2/c1-11-12(2)26-15-16(23(3)19(28)24(17(15)27)9-5-8-20)22-18(26)25(11)14-7-4-6-13(21)10-14/h4,6-7,10H,5,8-9H2,1-3H3. The number of alkyl halides is 1. The molecule has 4 rings (SSSR count). The summed E-state index contributed by atoms with van der Waals surface area (Å²) in [7, 11) is 1.62. The number of hydrogen-bond acceptors (Lipinski definition) is 3. The topological polar surface area (TPSA) is 66.2 Å². The second-order valence-corrected chi connectivity index (χ2v) is 7.56. The van der Waals surface area contributed by atoms with Gasteiger partial charge in [0.1, 0.15) is 0 Å². The number of aryl methyl sites for hydroxylation is 2. The molecule has 28 heavy (non-hydrogen) atoms. The molecule has 0 saturated heterocycles. The summed E-state index contributed by atoms with van der Waals surface area (Å²) in [4.78, 5) is 30.5. The smallest absolute Gasteiger partial charge is 0.283 e. The quantitative estimate of drug-likeness (QED) is 0.477. The van der Waals surface area contributed by atoms with E-state index in [-0.39, 0.29) is 12.1 Å². The fourth-order valence-corrected chi connectivity index (χ4v) is 3.89. The molecule has 0 amide bonds. The van der Waals surface area contributed by atoms with E-state index in [1.54, 1.807) is 13.1 Å². The average molecular weight is 420 g/mol. The Hall–Kier alpha value is -2.51. The highest BCUT2D eigenvalue weighted by Gasteiger charge is 2.23. The van der Waals surface area contributed by atoms with Gasteiger partial charge < -0.3 is 0 Å². The van der Waals surface area contributed by atoms with Gasteiger partial charge in [0.15, 0.2) is 11.2 Å². The number of hydrogen-bond donors (Lipinski definition) is 0. The molecule has 146 valence electrons. The Morgan fingerprint density at radius 1 is 1.14 bits per heavy atom. The summed E-state index contributed by atoms with van der Waals surface area (Å²) in [5.74, 6) is 0.938. The largest absolute Gasteiger partial charge is 0.332 e. The SMILES string of the molecule is Cc1c(C)n2c3c(=O)n(CCCCl)c(=O)n(C)c3nc2n1-c1cccc(Cl)c1. The highest BCUT2D eigenvalue weighted by Crippen LogP contribution is 2.25. The van der Waals surface area contributed by atoms with E-state index in [4.69, 9.17) is 23.2 Å². The minimum Gasteiger partial charge on any atom is -0.283 e. The number of benzene rings is 1. The molecule has 0 aliphatic heterocycles. The number of aromatic nitrogens is 5. The van der Waals surface area contributed by atoms with Crippen LogP contribution in [0.1, 0.15) is 17.8 Å². The van der Waals surface area contributed by atoms with E-state index in [0.29, 0.717) is 34.3 Å². The van der Waals surface area contributed by atoms with Crippen molar-refractivity contribution in [3.05, 3.63) is 61.5 Å². The Kier molecular flexibility index (Phi) is 4.59. The van der Waals surface area contributed by atoms with Gasteiger partial charge in [-0.05, 0) is 38.5 Å². The molecule has 7 nitrogen and oxygen atoms in total. The van der Waals surface area contributed by atoms with Crippen LogP contribution in [0.5, 0.6) is 0 Å². The Morgan fingerprint density at radius 3 is 2.57 bits per heavy atom. The Morgan fingerprint density at radius 2 is 1.89 bits per heavy atom. The zero-order chi connectivity index (χ0) is 20.2. The lowest BCUT2D eigenvalue weighted by Crippen LogP contribution is -2.39. The van der Waals surface area contributed by atoms with Crippen LogP contribution in [0, 0.1) is 13.8 Å². The number of imidazole rings is 2. The van der Waals surface area contributed by atoms with Gasteiger partial charge in [0.25, 0.3) is 5.56 Å². The van der Waals surface area contributed by atoms with Gasteiger partial charge in [0, 0.05) is 35.9 Å². The maximum atomic E-state index is 13.2. The van der Waals surface area contributed by atoms with E-state index in [2.05, 4.69) is 4.98 Å². The van der Waals surface area contributed by atoms with E-state index in [0.717, 1.165) is 17.1 Å². The third kappa shape index (κ3) is 2.61. The molecule has 0 spiro atoms. The molecule has 0 radical (unpaired) electrons. The Bertz CT molecular complexity index is 1340. The molecular formula is C19H19Cl2N5O2. The van der Waals surface area contributed by atoms with Crippen molar-refractivity contribution in [3.8, 4) is 5.69 Å². The zero-order valence-corrected chi connectivity index (χ0v) is 17.3. The average Bonchev–Trinajstić information content (AvgIpc) is 3.16. The lowest BCUT2D eigenvalue weighted by atomic mass is 10.3. The molecule has 0 bridgehead atoms. The predicted molar refractivity (Wildman–Crippen MR) is 111 cm³/mol. The van der Waals surface area contributed by atoms with Crippen LogP contribution < -0.4 is 11.2 Å². The molecule has 0 fully saturated rings. The minimum atomic E-state index is -0.396. The second-order valence-electron chi connectivity index (χ2n) is 6.75. The number of rotatable bonds is 4. The maximum Gasteiger partial charge on any atom is 0.332 e. The van der Waals surface area contributed by atoms with Gasteiger partial charge >= 0.3 is 5.69 Å². The lowest BCUT2D eigenvalue weighted by Gasteiger charge is -2.08. The van der Waals surface area contributed by atoms with Crippen molar-refractivity contribution >= 4 is 40.1 Å². The fourth-order valence-electron chi connectivity index (χ4n) is 3.59. The van der Waals surface area contributed by atoms with Crippen molar-refractivity contribution in [2.45, 2.75) is 26.8 Å². The first-order chi connectivity index (χ1) is 13.4. The van der Waals surface area contributed by atoms with Crippen molar-refractivity contribution in [1.29, 1.82) is 0 Å². The summed E-state index contributed by atoms with van der Waals surface area (Å²) in [6.07, 6.45) is 0.533. The van der Waals surface area contributed by atoms with Crippen LogP contribution in [0.25, 0.3) is 22.6 Å². The summed E-state index contributed by atoms with van der Waals surface area (Å²) in [5.41, 5.74) is 2.63. The highest BCUT2D eigenvalue weighted by molar-refractivity contribution is 6.30. The van der Waals surface area contributed by atoms with Crippen LogP contribution >= 0.6 is 23.2 Å². The van der Waals surface area contributed by atoms with Gasteiger partial charge in [0.2, 0.25) is 5.78 Å². The molecule has 0 N–H and O–H groups in total. The van der Waals surface area contributed by atoms with Gasteiger partial charge in [0.05, 0.1) is 5.69 Å². The molecule has 0 saturated carbocycles. The first-order valence-corrected chi connectivity index (χ1v) is 9.80. The van der Waals surface area contributed by atoms with Crippen LogP contribution in [-0.2, 0) is 13.6 Å². The van der Waals surface area contributed by atoms with E-state index < -0.39 is 5.69 Å². The van der Waals surface area contributed by atoms with Crippen LogP contribution in [-0.4, -0.2) is 29.0 Å². The van der Waals surface area contributed by atoms with Gasteiger partial charge in [-0.25, -0.2) is 4.79 Å². The first kappa shape index (κ1) is 18.8. The van der Waals surface area contributed by atoms with E-state index in [9.17, 15) is 9.59 Å². The lowest BCUT2D eigenvalue weighted by molar-refractivity contribution is 0.594. The first-order valence-electron chi connectivity index (χ1n) is 8.88. The predicted octanol–water partition coefficient (Wildman–Crippen LogP) is 3.04. The van der Waals surface area contributed by atoms with Crippen molar-refractivity contribution < 1.29 is 0 Å². The number of fused-ring (bicyclic) bond motifs is 3. The van der Waals surface area contributed by atoms with Gasteiger partial charge in [-0.3, -0.25) is 22.9 Å². The van der Waals surface area contributed by atoms with E-state index in [1.807, 2.05) is 41.0 Å². The van der Waals surface area contributed by atoms with Crippen LogP contribution in [0.15, 0.2) is 33.9 Å². The van der Waals surface area contributed by atoms with E-state index in [1.165, 1.54) is 9.13 Å². The van der Waals surface area contributed by atoms with Crippen molar-refractivity contribution in [1.82, 2.24) is 23.1 Å². The van der Waals surface area contributed by atoms with Gasteiger partial charge in [-0.15, -0.1) is 11.6 Å². The van der Waals surface area contributed by atoms with Crippen molar-refractivity contribution in [2.75, 3.05) is 5.88 Å². The highest BCUT2D eigenvalue weighted by atomic mass is 35.5. The fraction of sp³-hybridized carbons (Fsp3) is 0.316. The molecule has 3 heterocycles. The monoisotopic (exact) mass is 419 g/mol. The normalized spacial score (nSPS) is 11.8. The molecule has 4 aromatic rings. The molecule has 0 unspecified atom stereocenters. The van der Waals surface area contributed by atoms with Crippen molar-refractivity contribution in [3.63, 3.8) is 0 Å². The summed E-state index contributed by atoms with van der Waals surface area (Å²) >= 11 is 11.9. The molecule has 0 aliphatic carbocycles. The summed E-state index contributed by atoms with van der Waals surface area (Å²) in [5, 5.41) is 0.605. The number of halogens is 2. The maximum absolute atomic E-state index is 13.2. The van der Waals surface area contributed by atoms with E-state index >= 15 is 0 Å². The molecule has 1 aromatic carbocycles. The third-order valence-corrected chi connectivity index (χ3v) is 5.60. The summed E-state index contributed by atoms with van der Waals surface area (Å²) in [6.45, 7) is 4.16. The Labute approximate surface area is 170 Å². The second kappa shape index (κ2) is 6.83. The minimum absolute atomic E-state index is 0.269. The summed E-state index contributed by atoms with van der Waals surface area (Å²) < 4.78 is 6.39. The van der Waals surface area contributed by atoms with Gasteiger partial charge in [-0.1, -0.05) is 17.7 Å². The molecule has 3 aromatic heterocycles.